The molecule has 1 aliphatic rings. The Kier molecular flexibility index (Phi) is 4.74. The number of hydrogen-bond donors (Lipinski definition) is 0. The van der Waals surface area contributed by atoms with Crippen molar-refractivity contribution < 1.29 is 0 Å². The first-order valence-electron chi connectivity index (χ1n) is 10.2. The second-order valence-corrected chi connectivity index (χ2v) is 7.66. The molecule has 2 aromatic heterocycles. The lowest BCUT2D eigenvalue weighted by Gasteiger charge is -2.36. The Morgan fingerprint density at radius 2 is 1.55 bits per heavy atom. The van der Waals surface area contributed by atoms with Gasteiger partial charge in [0.25, 0.3) is 0 Å². The summed E-state index contributed by atoms with van der Waals surface area (Å²) in [6, 6.07) is 23.2. The van der Waals surface area contributed by atoms with Crippen molar-refractivity contribution in [1.29, 1.82) is 0 Å². The van der Waals surface area contributed by atoms with Crippen molar-refractivity contribution in [2.75, 3.05) is 31.1 Å². The molecule has 5 rings (SSSR count). The van der Waals surface area contributed by atoms with Crippen LogP contribution in [0.2, 0.25) is 0 Å². The highest BCUT2D eigenvalue weighted by atomic mass is 15.4. The predicted octanol–water partition coefficient (Wildman–Crippen LogP) is 4.03. The van der Waals surface area contributed by atoms with E-state index in [1.54, 1.807) is 0 Å². The summed E-state index contributed by atoms with van der Waals surface area (Å²) >= 11 is 0. The van der Waals surface area contributed by atoms with E-state index in [1.165, 1.54) is 5.56 Å². The monoisotopic (exact) mass is 383 g/mol. The van der Waals surface area contributed by atoms with E-state index < -0.39 is 0 Å². The fourth-order valence-electron chi connectivity index (χ4n) is 4.09. The summed E-state index contributed by atoms with van der Waals surface area (Å²) in [5.41, 5.74) is 5.56. The van der Waals surface area contributed by atoms with Crippen LogP contribution in [0.15, 0.2) is 72.9 Å². The zero-order chi connectivity index (χ0) is 19.6. The Hall–Kier alpha value is -3.18. The lowest BCUT2D eigenvalue weighted by Crippen LogP contribution is -2.46. The largest absolute Gasteiger partial charge is 0.354 e. The van der Waals surface area contributed by atoms with Crippen LogP contribution in [-0.2, 0) is 6.54 Å². The summed E-state index contributed by atoms with van der Waals surface area (Å²) in [6.07, 6.45) is 1.94. The molecule has 0 amide bonds. The van der Waals surface area contributed by atoms with Gasteiger partial charge < -0.3 is 4.90 Å². The molecule has 29 heavy (non-hydrogen) atoms. The Morgan fingerprint density at radius 3 is 2.28 bits per heavy atom. The first-order chi connectivity index (χ1) is 14.3. The van der Waals surface area contributed by atoms with E-state index in [0.29, 0.717) is 0 Å². The number of piperazine rings is 1. The fraction of sp³-hybridized carbons (Fsp3) is 0.250. The molecule has 0 radical (unpaired) electrons. The van der Waals surface area contributed by atoms with Crippen molar-refractivity contribution in [3.63, 3.8) is 0 Å². The molecule has 0 aliphatic carbocycles. The van der Waals surface area contributed by atoms with Gasteiger partial charge in [-0.1, -0.05) is 60.7 Å². The number of hydrogen-bond acceptors (Lipinski definition) is 4. The van der Waals surface area contributed by atoms with Crippen LogP contribution in [0.3, 0.4) is 0 Å². The number of rotatable bonds is 4. The summed E-state index contributed by atoms with van der Waals surface area (Å²) in [7, 11) is 0. The zero-order valence-corrected chi connectivity index (χ0v) is 16.7. The van der Waals surface area contributed by atoms with Crippen LogP contribution in [-0.4, -0.2) is 45.7 Å². The summed E-state index contributed by atoms with van der Waals surface area (Å²) < 4.78 is 2.00. The minimum Gasteiger partial charge on any atom is -0.354 e. The number of aryl methyl sites for hydroxylation is 1. The van der Waals surface area contributed by atoms with Gasteiger partial charge in [0.05, 0.1) is 6.20 Å². The van der Waals surface area contributed by atoms with Gasteiger partial charge in [-0.25, -0.2) is 4.98 Å². The molecular formula is C24H25N5. The lowest BCUT2D eigenvalue weighted by molar-refractivity contribution is 0.249. The molecule has 146 valence electrons. The Labute approximate surface area is 171 Å². The number of nitrogens with zero attached hydrogens (tertiary/aromatic N) is 5. The van der Waals surface area contributed by atoms with Gasteiger partial charge in [0.15, 0.2) is 5.65 Å². The van der Waals surface area contributed by atoms with Gasteiger partial charge in [-0.3, -0.25) is 4.90 Å². The van der Waals surface area contributed by atoms with E-state index in [9.17, 15) is 0 Å². The molecule has 0 bridgehead atoms. The maximum absolute atomic E-state index is 4.80. The van der Waals surface area contributed by atoms with E-state index in [0.717, 1.165) is 61.0 Å². The van der Waals surface area contributed by atoms with Gasteiger partial charge in [0.2, 0.25) is 0 Å². The average Bonchev–Trinajstić information content (AvgIpc) is 3.19. The third-order valence-electron chi connectivity index (χ3n) is 5.61. The number of aromatic nitrogens is 3. The molecule has 0 spiro atoms. The predicted molar refractivity (Wildman–Crippen MR) is 117 cm³/mol. The topological polar surface area (TPSA) is 36.7 Å². The Balaban J connectivity index is 1.39. The normalized spacial score (nSPS) is 15.1. The third kappa shape index (κ3) is 3.61. The summed E-state index contributed by atoms with van der Waals surface area (Å²) in [4.78, 5) is 9.76. The molecule has 5 heteroatoms. The van der Waals surface area contributed by atoms with Crippen LogP contribution in [0.25, 0.3) is 16.8 Å². The maximum atomic E-state index is 4.80. The van der Waals surface area contributed by atoms with Crippen LogP contribution < -0.4 is 4.90 Å². The highest BCUT2D eigenvalue weighted by Gasteiger charge is 2.21. The standard InChI is InChI=1S/C24H25N5/c1-19-16-23(28-14-12-27(13-15-28)18-20-8-4-2-5-9-20)29-24(26-19)22(17-25-29)21-10-6-3-7-11-21/h2-11,16-17H,12-15,18H2,1H3. The lowest BCUT2D eigenvalue weighted by atomic mass is 10.1. The quantitative estimate of drug-likeness (QED) is 0.533. The molecule has 0 saturated carbocycles. The molecule has 1 saturated heterocycles. The molecule has 5 nitrogen and oxygen atoms in total. The molecule has 3 heterocycles. The van der Waals surface area contributed by atoms with Gasteiger partial charge in [-0.15, -0.1) is 0 Å². The maximum Gasteiger partial charge on any atom is 0.165 e. The van der Waals surface area contributed by atoms with E-state index >= 15 is 0 Å². The van der Waals surface area contributed by atoms with Crippen molar-refractivity contribution in [2.24, 2.45) is 0 Å². The zero-order valence-electron chi connectivity index (χ0n) is 16.7. The van der Waals surface area contributed by atoms with Gasteiger partial charge >= 0.3 is 0 Å². The molecule has 0 unspecified atom stereocenters. The minimum absolute atomic E-state index is 0.929. The average molecular weight is 383 g/mol. The fourth-order valence-corrected chi connectivity index (χ4v) is 4.09. The SMILES string of the molecule is Cc1cc(N2CCN(Cc3ccccc3)CC2)n2ncc(-c3ccccc3)c2n1. The summed E-state index contributed by atoms with van der Waals surface area (Å²) in [5, 5.41) is 4.70. The van der Waals surface area contributed by atoms with E-state index in [1.807, 2.05) is 16.8 Å². The minimum atomic E-state index is 0.929. The second kappa shape index (κ2) is 7.68. The molecular weight excluding hydrogens is 358 g/mol. The van der Waals surface area contributed by atoms with Crippen LogP contribution >= 0.6 is 0 Å². The second-order valence-electron chi connectivity index (χ2n) is 7.66. The van der Waals surface area contributed by atoms with E-state index in [2.05, 4.69) is 77.4 Å². The first-order valence-corrected chi connectivity index (χ1v) is 10.2. The van der Waals surface area contributed by atoms with Gasteiger partial charge in [0.1, 0.15) is 5.82 Å². The summed E-state index contributed by atoms with van der Waals surface area (Å²) in [6.45, 7) is 7.16. The molecule has 0 atom stereocenters. The number of anilines is 1. The van der Waals surface area contributed by atoms with Gasteiger partial charge in [0, 0.05) is 50.0 Å². The molecule has 1 fully saturated rings. The summed E-state index contributed by atoms with van der Waals surface area (Å²) in [5.74, 6) is 1.13. The van der Waals surface area contributed by atoms with Gasteiger partial charge in [-0.05, 0) is 18.1 Å². The molecule has 1 aliphatic heterocycles. The van der Waals surface area contributed by atoms with Crippen LogP contribution in [0.4, 0.5) is 5.82 Å². The Bertz CT molecular complexity index is 1100. The van der Waals surface area contributed by atoms with Gasteiger partial charge in [-0.2, -0.15) is 9.61 Å². The highest BCUT2D eigenvalue weighted by Crippen LogP contribution is 2.27. The van der Waals surface area contributed by atoms with E-state index in [4.69, 9.17) is 10.1 Å². The van der Waals surface area contributed by atoms with Crippen LogP contribution in [0, 0.1) is 6.92 Å². The van der Waals surface area contributed by atoms with Crippen molar-refractivity contribution in [3.8, 4) is 11.1 Å². The number of fused-ring (bicyclic) bond motifs is 1. The van der Waals surface area contributed by atoms with Crippen molar-refractivity contribution in [1.82, 2.24) is 19.5 Å². The van der Waals surface area contributed by atoms with E-state index in [-0.39, 0.29) is 0 Å². The molecule has 0 N–H and O–H groups in total. The van der Waals surface area contributed by atoms with Crippen LogP contribution in [0.1, 0.15) is 11.3 Å². The van der Waals surface area contributed by atoms with Crippen molar-refractivity contribution in [2.45, 2.75) is 13.5 Å². The highest BCUT2D eigenvalue weighted by molar-refractivity contribution is 5.78. The third-order valence-corrected chi connectivity index (χ3v) is 5.61. The van der Waals surface area contributed by atoms with Crippen LogP contribution in [0.5, 0.6) is 0 Å². The molecule has 4 aromatic rings. The smallest absolute Gasteiger partial charge is 0.165 e. The first kappa shape index (κ1) is 17.9. The number of benzene rings is 2. The molecule has 2 aromatic carbocycles. The van der Waals surface area contributed by atoms with Crippen molar-refractivity contribution >= 4 is 11.5 Å². The van der Waals surface area contributed by atoms with Crippen molar-refractivity contribution in [3.05, 3.63) is 84.2 Å². The Morgan fingerprint density at radius 1 is 0.862 bits per heavy atom.